The zero-order chi connectivity index (χ0) is 15.2. The molecule has 0 saturated carbocycles. The molecule has 1 fully saturated rings. The molecule has 6 heteroatoms. The van der Waals surface area contributed by atoms with Crippen molar-refractivity contribution >= 4 is 17.7 Å². The topological polar surface area (TPSA) is 70.8 Å². The standard InChI is InChI=1S/C16H23N5S/c17-15-18-16(20-19-15)22-11-10-21-8-6-14(7-9-21)12-13-4-2-1-3-5-13/h1-5,14H,6-12H2,(H3,17,18,19,20). The average Bonchev–Trinajstić information content (AvgIpc) is 2.96. The van der Waals surface area contributed by atoms with Gasteiger partial charge >= 0.3 is 0 Å². The summed E-state index contributed by atoms with van der Waals surface area (Å²) >= 11 is 1.66. The molecule has 1 aromatic heterocycles. The number of nitrogens with one attached hydrogen (secondary N) is 1. The quantitative estimate of drug-likeness (QED) is 0.801. The molecule has 0 aliphatic carbocycles. The lowest BCUT2D eigenvalue weighted by molar-refractivity contribution is 0.193. The Morgan fingerprint density at radius 3 is 2.68 bits per heavy atom. The van der Waals surface area contributed by atoms with Gasteiger partial charge in [-0.25, -0.2) is 5.10 Å². The van der Waals surface area contributed by atoms with Crippen LogP contribution in [0.5, 0.6) is 0 Å². The fraction of sp³-hybridized carbons (Fsp3) is 0.500. The van der Waals surface area contributed by atoms with Crippen LogP contribution in [0.3, 0.4) is 0 Å². The summed E-state index contributed by atoms with van der Waals surface area (Å²) in [7, 11) is 0. The number of aromatic amines is 1. The van der Waals surface area contributed by atoms with Crippen molar-refractivity contribution in [3.8, 4) is 0 Å². The first-order valence-electron chi connectivity index (χ1n) is 7.86. The smallest absolute Gasteiger partial charge is 0.216 e. The SMILES string of the molecule is Nc1nc(SCCN2CCC(Cc3ccccc3)CC2)n[nH]1. The summed E-state index contributed by atoms with van der Waals surface area (Å²) in [6, 6.07) is 10.8. The van der Waals surface area contributed by atoms with Crippen molar-refractivity contribution in [2.45, 2.75) is 24.4 Å². The van der Waals surface area contributed by atoms with Crippen LogP contribution in [0.2, 0.25) is 0 Å². The van der Waals surface area contributed by atoms with Gasteiger partial charge in [0.25, 0.3) is 0 Å². The van der Waals surface area contributed by atoms with Crippen LogP contribution in [0.25, 0.3) is 0 Å². The molecule has 1 aliphatic rings. The molecule has 2 aromatic rings. The van der Waals surface area contributed by atoms with E-state index in [9.17, 15) is 0 Å². The number of H-pyrrole nitrogens is 1. The molecule has 0 radical (unpaired) electrons. The van der Waals surface area contributed by atoms with Crippen LogP contribution in [-0.4, -0.2) is 45.5 Å². The molecule has 0 unspecified atom stereocenters. The third kappa shape index (κ3) is 4.48. The Morgan fingerprint density at radius 1 is 1.23 bits per heavy atom. The summed E-state index contributed by atoms with van der Waals surface area (Å²) in [4.78, 5) is 6.65. The molecule has 0 spiro atoms. The first-order valence-corrected chi connectivity index (χ1v) is 8.85. The lowest BCUT2D eigenvalue weighted by Gasteiger charge is -2.31. The minimum Gasteiger partial charge on any atom is -0.368 e. The Labute approximate surface area is 135 Å². The van der Waals surface area contributed by atoms with Crippen LogP contribution in [0.15, 0.2) is 35.5 Å². The van der Waals surface area contributed by atoms with E-state index in [1.54, 1.807) is 11.8 Å². The largest absolute Gasteiger partial charge is 0.368 e. The first-order chi connectivity index (χ1) is 10.8. The molecule has 0 bridgehead atoms. The highest BCUT2D eigenvalue weighted by molar-refractivity contribution is 7.99. The van der Waals surface area contributed by atoms with Gasteiger partial charge in [0.15, 0.2) is 0 Å². The minimum absolute atomic E-state index is 0.393. The van der Waals surface area contributed by atoms with E-state index in [0.29, 0.717) is 5.95 Å². The normalized spacial score (nSPS) is 16.9. The van der Waals surface area contributed by atoms with Crippen molar-refractivity contribution in [2.24, 2.45) is 5.92 Å². The molecular formula is C16H23N5S. The van der Waals surface area contributed by atoms with Crippen LogP contribution < -0.4 is 5.73 Å². The van der Waals surface area contributed by atoms with Crippen LogP contribution in [0.4, 0.5) is 5.95 Å². The lowest BCUT2D eigenvalue weighted by atomic mass is 9.90. The number of hydrogen-bond donors (Lipinski definition) is 2. The number of aromatic nitrogens is 3. The predicted octanol–water partition coefficient (Wildman–Crippen LogP) is 2.43. The molecule has 0 atom stereocenters. The van der Waals surface area contributed by atoms with Crippen molar-refractivity contribution in [1.82, 2.24) is 20.1 Å². The Morgan fingerprint density at radius 2 is 2.00 bits per heavy atom. The van der Waals surface area contributed by atoms with E-state index in [1.807, 2.05) is 0 Å². The predicted molar refractivity (Wildman–Crippen MR) is 90.8 cm³/mol. The second kappa shape index (κ2) is 7.65. The molecule has 3 rings (SSSR count). The zero-order valence-corrected chi connectivity index (χ0v) is 13.6. The molecule has 1 saturated heterocycles. The minimum atomic E-state index is 0.393. The first kappa shape index (κ1) is 15.4. The van der Waals surface area contributed by atoms with E-state index in [0.717, 1.165) is 23.4 Å². The van der Waals surface area contributed by atoms with E-state index in [1.165, 1.54) is 37.9 Å². The third-order valence-electron chi connectivity index (χ3n) is 4.20. The van der Waals surface area contributed by atoms with Crippen molar-refractivity contribution in [3.63, 3.8) is 0 Å². The number of rotatable bonds is 6. The Kier molecular flexibility index (Phi) is 5.34. The van der Waals surface area contributed by atoms with E-state index < -0.39 is 0 Å². The van der Waals surface area contributed by atoms with Crippen molar-refractivity contribution < 1.29 is 0 Å². The van der Waals surface area contributed by atoms with Gasteiger partial charge in [0.2, 0.25) is 11.1 Å². The molecule has 22 heavy (non-hydrogen) atoms. The van der Waals surface area contributed by atoms with Gasteiger partial charge in [0.05, 0.1) is 0 Å². The highest BCUT2D eigenvalue weighted by Gasteiger charge is 2.19. The molecule has 2 heterocycles. The number of nitrogens with two attached hydrogens (primary N) is 1. The second-order valence-corrected chi connectivity index (χ2v) is 6.89. The van der Waals surface area contributed by atoms with E-state index in [4.69, 9.17) is 5.73 Å². The van der Waals surface area contributed by atoms with Gasteiger partial charge in [-0.3, -0.25) is 0 Å². The molecule has 118 valence electrons. The van der Waals surface area contributed by atoms with E-state index >= 15 is 0 Å². The molecule has 1 aliphatic heterocycles. The second-order valence-electron chi connectivity index (χ2n) is 5.83. The average molecular weight is 317 g/mol. The van der Waals surface area contributed by atoms with Crippen LogP contribution in [-0.2, 0) is 6.42 Å². The van der Waals surface area contributed by atoms with Crippen LogP contribution in [0, 0.1) is 5.92 Å². The lowest BCUT2D eigenvalue weighted by Crippen LogP contribution is -2.35. The molecule has 5 nitrogen and oxygen atoms in total. The maximum absolute atomic E-state index is 5.52. The maximum Gasteiger partial charge on any atom is 0.216 e. The summed E-state index contributed by atoms with van der Waals surface area (Å²) in [6.45, 7) is 3.50. The molecule has 3 N–H and O–H groups in total. The highest BCUT2D eigenvalue weighted by atomic mass is 32.2. The van der Waals surface area contributed by atoms with Gasteiger partial charge in [-0.1, -0.05) is 42.1 Å². The summed E-state index contributed by atoms with van der Waals surface area (Å²) in [6.07, 6.45) is 3.82. The number of benzene rings is 1. The van der Waals surface area contributed by atoms with E-state index in [-0.39, 0.29) is 0 Å². The summed E-state index contributed by atoms with van der Waals surface area (Å²) < 4.78 is 0. The van der Waals surface area contributed by atoms with Crippen molar-refractivity contribution in [1.29, 1.82) is 0 Å². The van der Waals surface area contributed by atoms with Crippen LogP contribution in [0.1, 0.15) is 18.4 Å². The number of hydrogen-bond acceptors (Lipinski definition) is 5. The van der Waals surface area contributed by atoms with Gasteiger partial charge in [-0.2, -0.15) is 4.98 Å². The van der Waals surface area contributed by atoms with Gasteiger partial charge in [-0.15, -0.1) is 5.10 Å². The Hall–Kier alpha value is -1.53. The molecular weight excluding hydrogens is 294 g/mol. The number of nitrogen functional groups attached to an aromatic ring is 1. The van der Waals surface area contributed by atoms with Gasteiger partial charge in [0.1, 0.15) is 0 Å². The van der Waals surface area contributed by atoms with E-state index in [2.05, 4.69) is 50.4 Å². The highest BCUT2D eigenvalue weighted by Crippen LogP contribution is 2.22. The number of piperidine rings is 1. The summed E-state index contributed by atoms with van der Waals surface area (Å²) in [5.74, 6) is 2.24. The van der Waals surface area contributed by atoms with Crippen molar-refractivity contribution in [2.75, 3.05) is 31.1 Å². The number of anilines is 1. The van der Waals surface area contributed by atoms with Crippen molar-refractivity contribution in [3.05, 3.63) is 35.9 Å². The van der Waals surface area contributed by atoms with Gasteiger partial charge in [-0.05, 0) is 43.8 Å². The summed E-state index contributed by atoms with van der Waals surface area (Å²) in [5, 5.41) is 7.46. The third-order valence-corrected chi connectivity index (χ3v) is 5.02. The van der Waals surface area contributed by atoms with Gasteiger partial charge < -0.3 is 10.6 Å². The van der Waals surface area contributed by atoms with Crippen LogP contribution >= 0.6 is 11.8 Å². The number of nitrogens with zero attached hydrogens (tertiary/aromatic N) is 3. The Balaban J connectivity index is 1.35. The fourth-order valence-electron chi connectivity index (χ4n) is 2.95. The van der Waals surface area contributed by atoms with Gasteiger partial charge in [0, 0.05) is 12.3 Å². The maximum atomic E-state index is 5.52. The molecule has 0 amide bonds. The summed E-state index contributed by atoms with van der Waals surface area (Å²) in [5.41, 5.74) is 6.99. The zero-order valence-electron chi connectivity index (χ0n) is 12.7. The molecule has 1 aromatic carbocycles. The Bertz CT molecular complexity index is 563. The monoisotopic (exact) mass is 317 g/mol. The number of likely N-dealkylation sites (tertiary alicyclic amines) is 1. The fourth-order valence-corrected chi connectivity index (χ4v) is 3.76. The number of thioether (sulfide) groups is 1.